The second-order valence-electron chi connectivity index (χ2n) is 3.60. The lowest BCUT2D eigenvalue weighted by Crippen LogP contribution is -2.53. The number of thiocarbonyl (C=S) groups is 1. The summed E-state index contributed by atoms with van der Waals surface area (Å²) in [4.78, 5) is 11.6. The van der Waals surface area contributed by atoms with Crippen LogP contribution in [0.5, 0.6) is 0 Å². The lowest BCUT2D eigenvalue weighted by molar-refractivity contribution is -0.123. The lowest BCUT2D eigenvalue weighted by Gasteiger charge is -2.29. The van der Waals surface area contributed by atoms with Crippen LogP contribution in [0.4, 0.5) is 0 Å². The van der Waals surface area contributed by atoms with Gasteiger partial charge < -0.3 is 10.6 Å². The summed E-state index contributed by atoms with van der Waals surface area (Å²) >= 11 is 10.8. The normalized spacial score (nSPS) is 23.5. The van der Waals surface area contributed by atoms with Gasteiger partial charge in [-0.2, -0.15) is 5.26 Å². The first-order valence-electron chi connectivity index (χ1n) is 4.88. The molecular formula is C11H8ClN3OS. The van der Waals surface area contributed by atoms with Crippen LogP contribution in [0.15, 0.2) is 24.3 Å². The second kappa shape index (κ2) is 4.70. The smallest absolute Gasteiger partial charge is 0.245 e. The number of hydrogen-bond acceptors (Lipinski definition) is 3. The van der Waals surface area contributed by atoms with E-state index in [9.17, 15) is 4.79 Å². The molecule has 0 aliphatic carbocycles. The number of carbonyl (C=O) groups is 1. The van der Waals surface area contributed by atoms with Crippen LogP contribution in [0.25, 0.3) is 0 Å². The second-order valence-corrected chi connectivity index (χ2v) is 4.45. The summed E-state index contributed by atoms with van der Waals surface area (Å²) in [6, 6.07) is 8.52. The third-order valence-corrected chi connectivity index (χ3v) is 2.94. The van der Waals surface area contributed by atoms with Crippen molar-refractivity contribution in [3.8, 4) is 6.07 Å². The van der Waals surface area contributed by atoms with Crippen LogP contribution in [0.2, 0.25) is 5.02 Å². The van der Waals surface area contributed by atoms with Gasteiger partial charge in [-0.25, -0.2) is 0 Å². The molecule has 1 saturated heterocycles. The van der Waals surface area contributed by atoms with E-state index in [1.807, 2.05) is 6.07 Å². The lowest BCUT2D eigenvalue weighted by atomic mass is 9.92. The molecule has 1 fully saturated rings. The van der Waals surface area contributed by atoms with Crippen LogP contribution in [0.1, 0.15) is 11.6 Å². The summed E-state index contributed by atoms with van der Waals surface area (Å²) in [7, 11) is 0. The first-order chi connectivity index (χ1) is 8.11. The Balaban J connectivity index is 2.38. The predicted molar refractivity (Wildman–Crippen MR) is 67.2 cm³/mol. The van der Waals surface area contributed by atoms with Crippen LogP contribution in [0.3, 0.4) is 0 Å². The molecule has 4 nitrogen and oxygen atoms in total. The zero-order valence-electron chi connectivity index (χ0n) is 8.61. The van der Waals surface area contributed by atoms with Crippen molar-refractivity contribution >= 4 is 34.8 Å². The van der Waals surface area contributed by atoms with Crippen molar-refractivity contribution in [2.75, 3.05) is 0 Å². The van der Waals surface area contributed by atoms with Gasteiger partial charge in [0.1, 0.15) is 5.92 Å². The quantitative estimate of drug-likeness (QED) is 0.756. The molecule has 0 spiro atoms. The Morgan fingerprint density at radius 2 is 2.24 bits per heavy atom. The first-order valence-corrected chi connectivity index (χ1v) is 5.67. The van der Waals surface area contributed by atoms with Crippen LogP contribution in [-0.4, -0.2) is 11.0 Å². The number of carbonyl (C=O) groups excluding carboxylic acids is 1. The maximum Gasteiger partial charge on any atom is 0.245 e. The molecule has 86 valence electrons. The van der Waals surface area contributed by atoms with Gasteiger partial charge in [0, 0.05) is 5.02 Å². The van der Waals surface area contributed by atoms with Crippen LogP contribution in [0, 0.1) is 17.2 Å². The maximum atomic E-state index is 11.6. The van der Waals surface area contributed by atoms with Gasteiger partial charge in [0.25, 0.3) is 0 Å². The summed E-state index contributed by atoms with van der Waals surface area (Å²) in [6.45, 7) is 0. The molecule has 1 aromatic carbocycles. The van der Waals surface area contributed by atoms with E-state index in [4.69, 9.17) is 29.1 Å². The van der Waals surface area contributed by atoms with E-state index in [0.717, 1.165) is 5.56 Å². The highest BCUT2D eigenvalue weighted by Crippen LogP contribution is 2.26. The Bertz CT molecular complexity index is 526. The summed E-state index contributed by atoms with van der Waals surface area (Å²) in [6.07, 6.45) is 0. The molecule has 0 radical (unpaired) electrons. The molecule has 1 aromatic rings. The molecule has 1 heterocycles. The van der Waals surface area contributed by atoms with Gasteiger partial charge in [-0.05, 0) is 29.9 Å². The maximum absolute atomic E-state index is 11.6. The van der Waals surface area contributed by atoms with E-state index >= 15 is 0 Å². The molecule has 17 heavy (non-hydrogen) atoms. The van der Waals surface area contributed by atoms with Crippen molar-refractivity contribution in [3.63, 3.8) is 0 Å². The van der Waals surface area contributed by atoms with E-state index in [-0.39, 0.29) is 11.0 Å². The average molecular weight is 266 g/mol. The molecule has 0 aromatic heterocycles. The molecule has 2 rings (SSSR count). The molecule has 1 amide bonds. The number of nitrogens with one attached hydrogen (secondary N) is 2. The highest BCUT2D eigenvalue weighted by atomic mass is 35.5. The van der Waals surface area contributed by atoms with Crippen molar-refractivity contribution in [1.29, 1.82) is 5.26 Å². The van der Waals surface area contributed by atoms with Gasteiger partial charge in [-0.3, -0.25) is 4.79 Å². The van der Waals surface area contributed by atoms with E-state index in [1.165, 1.54) is 0 Å². The zero-order valence-corrected chi connectivity index (χ0v) is 10.2. The summed E-state index contributed by atoms with van der Waals surface area (Å²) < 4.78 is 0. The monoisotopic (exact) mass is 265 g/mol. The number of rotatable bonds is 1. The van der Waals surface area contributed by atoms with Crippen molar-refractivity contribution in [2.45, 2.75) is 6.04 Å². The molecule has 0 saturated carbocycles. The average Bonchev–Trinajstić information content (AvgIpc) is 2.28. The fraction of sp³-hybridized carbons (Fsp3) is 0.182. The molecular weight excluding hydrogens is 258 g/mol. The topological polar surface area (TPSA) is 64.9 Å². The third-order valence-electron chi connectivity index (χ3n) is 2.49. The van der Waals surface area contributed by atoms with Gasteiger partial charge in [0.2, 0.25) is 5.91 Å². The van der Waals surface area contributed by atoms with E-state index < -0.39 is 12.0 Å². The van der Waals surface area contributed by atoms with Crippen molar-refractivity contribution < 1.29 is 4.79 Å². The Labute approximate surface area is 109 Å². The third kappa shape index (κ3) is 2.38. The SMILES string of the molecule is N#C[C@@H]1C(=O)NC(=S)N[C@H]1c1cccc(Cl)c1. The molecule has 0 bridgehead atoms. The minimum Gasteiger partial charge on any atom is -0.354 e. The molecule has 2 N–H and O–H groups in total. The molecule has 6 heteroatoms. The van der Waals surface area contributed by atoms with Gasteiger partial charge >= 0.3 is 0 Å². The van der Waals surface area contributed by atoms with Crippen molar-refractivity contribution in [1.82, 2.24) is 10.6 Å². The van der Waals surface area contributed by atoms with Crippen LogP contribution >= 0.6 is 23.8 Å². The largest absolute Gasteiger partial charge is 0.354 e. The van der Waals surface area contributed by atoms with Gasteiger partial charge in [-0.15, -0.1) is 0 Å². The Kier molecular flexibility index (Phi) is 3.27. The minimum absolute atomic E-state index is 0.228. The molecule has 1 aliphatic rings. The van der Waals surface area contributed by atoms with Crippen molar-refractivity contribution in [3.05, 3.63) is 34.9 Å². The Morgan fingerprint density at radius 1 is 1.47 bits per heavy atom. The van der Waals surface area contributed by atoms with Crippen molar-refractivity contribution in [2.24, 2.45) is 5.92 Å². The zero-order chi connectivity index (χ0) is 12.4. The predicted octanol–water partition coefficient (Wildman–Crippen LogP) is 1.53. The van der Waals surface area contributed by atoms with Crippen LogP contribution in [-0.2, 0) is 4.79 Å². The van der Waals surface area contributed by atoms with Gasteiger partial charge in [-0.1, -0.05) is 23.7 Å². The molecule has 1 aliphatic heterocycles. The minimum atomic E-state index is -0.819. The summed E-state index contributed by atoms with van der Waals surface area (Å²) in [5.41, 5.74) is 0.765. The first kappa shape index (κ1) is 11.8. The highest BCUT2D eigenvalue weighted by Gasteiger charge is 2.35. The number of halogens is 1. The van der Waals surface area contributed by atoms with E-state index in [2.05, 4.69) is 10.6 Å². The molecule has 0 unspecified atom stereocenters. The standard InChI is InChI=1S/C11H8ClN3OS/c12-7-3-1-2-6(4-7)9-8(5-13)10(16)15-11(17)14-9/h1-4,8-9H,(H2,14,15,16,17)/t8-,9-/m0/s1. The van der Waals surface area contributed by atoms with Crippen LogP contribution < -0.4 is 10.6 Å². The number of amides is 1. The number of benzene rings is 1. The summed E-state index contributed by atoms with van der Waals surface area (Å²) in [5.74, 6) is -1.21. The van der Waals surface area contributed by atoms with Gasteiger partial charge in [0.15, 0.2) is 5.11 Å². The summed E-state index contributed by atoms with van der Waals surface area (Å²) in [5, 5.41) is 15.1. The van der Waals surface area contributed by atoms with E-state index in [1.54, 1.807) is 24.3 Å². The number of nitrogens with zero attached hydrogens (tertiary/aromatic N) is 1. The van der Waals surface area contributed by atoms with E-state index in [0.29, 0.717) is 5.02 Å². The Morgan fingerprint density at radius 3 is 2.88 bits per heavy atom. The Hall–Kier alpha value is -1.64. The number of hydrogen-bond donors (Lipinski definition) is 2. The van der Waals surface area contributed by atoms with Gasteiger partial charge in [0.05, 0.1) is 12.1 Å². The fourth-order valence-corrected chi connectivity index (χ4v) is 2.14. The molecule has 2 atom stereocenters. The highest BCUT2D eigenvalue weighted by molar-refractivity contribution is 7.80. The fourth-order valence-electron chi connectivity index (χ4n) is 1.71. The number of nitriles is 1.